The Hall–Kier alpha value is -2.73. The van der Waals surface area contributed by atoms with Crippen molar-refractivity contribution in [1.29, 1.82) is 0 Å². The molecular weight excluding hydrogens is 366 g/mol. The van der Waals surface area contributed by atoms with Gasteiger partial charge in [-0.15, -0.1) is 0 Å². The highest BCUT2D eigenvalue weighted by Gasteiger charge is 2.12. The van der Waals surface area contributed by atoms with Crippen molar-refractivity contribution in [3.05, 3.63) is 71.2 Å². The highest BCUT2D eigenvalue weighted by atomic mass is 79.9. The van der Waals surface area contributed by atoms with Crippen molar-refractivity contribution in [1.82, 2.24) is 19.4 Å². The summed E-state index contributed by atoms with van der Waals surface area (Å²) in [6, 6.07) is 13.9. The summed E-state index contributed by atoms with van der Waals surface area (Å²) in [5.41, 5.74) is 4.51. The molecule has 24 heavy (non-hydrogen) atoms. The van der Waals surface area contributed by atoms with Gasteiger partial charge in [-0.1, -0.05) is 28.1 Å². The molecule has 0 radical (unpaired) electrons. The summed E-state index contributed by atoms with van der Waals surface area (Å²) in [7, 11) is 0. The van der Waals surface area contributed by atoms with Gasteiger partial charge < -0.3 is 5.32 Å². The van der Waals surface area contributed by atoms with Gasteiger partial charge >= 0.3 is 0 Å². The van der Waals surface area contributed by atoms with Gasteiger partial charge in [0.25, 0.3) is 0 Å². The van der Waals surface area contributed by atoms with Crippen LogP contribution < -0.4 is 5.32 Å². The largest absolute Gasteiger partial charge is 0.339 e. The van der Waals surface area contributed by atoms with E-state index in [4.69, 9.17) is 4.98 Å². The van der Waals surface area contributed by atoms with Gasteiger partial charge in [-0.2, -0.15) is 0 Å². The van der Waals surface area contributed by atoms with Crippen LogP contribution in [0.25, 0.3) is 17.0 Å². The fourth-order valence-electron chi connectivity index (χ4n) is 2.68. The number of imidazole rings is 1. The lowest BCUT2D eigenvalue weighted by molar-refractivity contribution is 1.13. The van der Waals surface area contributed by atoms with Gasteiger partial charge in [-0.25, -0.2) is 9.97 Å². The first-order valence-corrected chi connectivity index (χ1v) is 8.29. The Bertz CT molecular complexity index is 1020. The molecular formula is C18H14BrN5. The Morgan fingerprint density at radius 1 is 1.04 bits per heavy atom. The molecule has 4 aromatic rings. The minimum atomic E-state index is 0.691. The maximum Gasteiger partial charge on any atom is 0.149 e. The third kappa shape index (κ3) is 2.76. The molecule has 0 saturated heterocycles. The number of fused-ring (bicyclic) bond motifs is 1. The van der Waals surface area contributed by atoms with Gasteiger partial charge in [0.05, 0.1) is 23.8 Å². The van der Waals surface area contributed by atoms with E-state index in [1.807, 2.05) is 60.0 Å². The van der Waals surface area contributed by atoms with E-state index in [1.165, 1.54) is 0 Å². The van der Waals surface area contributed by atoms with Gasteiger partial charge in [0.1, 0.15) is 17.2 Å². The van der Waals surface area contributed by atoms with E-state index in [-0.39, 0.29) is 0 Å². The van der Waals surface area contributed by atoms with Crippen molar-refractivity contribution in [2.75, 3.05) is 5.32 Å². The molecule has 0 bridgehead atoms. The first-order chi connectivity index (χ1) is 11.7. The SMILES string of the molecule is Cc1nc2ccccn2c1-c1cncc(Nc2cccc(Br)c2)n1. The maximum absolute atomic E-state index is 4.70. The first kappa shape index (κ1) is 14.8. The molecule has 0 fully saturated rings. The van der Waals surface area contributed by atoms with Crippen LogP contribution in [0, 0.1) is 6.92 Å². The van der Waals surface area contributed by atoms with Crippen molar-refractivity contribution in [2.24, 2.45) is 0 Å². The van der Waals surface area contributed by atoms with Gasteiger partial charge in [0.2, 0.25) is 0 Å². The minimum absolute atomic E-state index is 0.691. The van der Waals surface area contributed by atoms with Crippen LogP contribution in [0.5, 0.6) is 0 Å². The van der Waals surface area contributed by atoms with E-state index in [9.17, 15) is 0 Å². The van der Waals surface area contributed by atoms with Crippen molar-refractivity contribution in [3.8, 4) is 11.4 Å². The van der Waals surface area contributed by atoms with Crippen LogP contribution in [0.15, 0.2) is 65.5 Å². The number of pyridine rings is 1. The summed E-state index contributed by atoms with van der Waals surface area (Å²) in [5, 5.41) is 3.28. The van der Waals surface area contributed by atoms with Crippen molar-refractivity contribution >= 4 is 33.1 Å². The van der Waals surface area contributed by atoms with Crippen LogP contribution >= 0.6 is 15.9 Å². The van der Waals surface area contributed by atoms with Crippen LogP contribution in [-0.2, 0) is 0 Å². The second-order valence-corrected chi connectivity index (χ2v) is 6.32. The summed E-state index contributed by atoms with van der Waals surface area (Å²) < 4.78 is 3.04. The van der Waals surface area contributed by atoms with E-state index < -0.39 is 0 Å². The molecule has 0 atom stereocenters. The Morgan fingerprint density at radius 2 is 1.96 bits per heavy atom. The fraction of sp³-hybridized carbons (Fsp3) is 0.0556. The Balaban J connectivity index is 1.76. The highest BCUT2D eigenvalue weighted by molar-refractivity contribution is 9.10. The van der Waals surface area contributed by atoms with Crippen LogP contribution in [0.1, 0.15) is 5.69 Å². The topological polar surface area (TPSA) is 55.1 Å². The maximum atomic E-state index is 4.70. The summed E-state index contributed by atoms with van der Waals surface area (Å²) in [5.74, 6) is 0.691. The number of aromatic nitrogens is 4. The molecule has 1 N–H and O–H groups in total. The Morgan fingerprint density at radius 3 is 2.83 bits per heavy atom. The molecule has 3 heterocycles. The number of rotatable bonds is 3. The summed E-state index contributed by atoms with van der Waals surface area (Å²) in [4.78, 5) is 13.6. The molecule has 118 valence electrons. The summed E-state index contributed by atoms with van der Waals surface area (Å²) >= 11 is 3.47. The standard InChI is InChI=1S/C18H14BrN5/c1-12-18(24-8-3-2-7-17(24)21-12)15-10-20-11-16(23-15)22-14-6-4-5-13(19)9-14/h2-11H,1H3,(H,22,23). The molecule has 0 amide bonds. The zero-order chi connectivity index (χ0) is 16.5. The quantitative estimate of drug-likeness (QED) is 0.564. The van der Waals surface area contributed by atoms with Gasteiger partial charge in [0, 0.05) is 16.4 Å². The lowest BCUT2D eigenvalue weighted by Crippen LogP contribution is -1.98. The average molecular weight is 380 g/mol. The summed E-state index contributed by atoms with van der Waals surface area (Å²) in [6.07, 6.45) is 5.46. The molecule has 6 heteroatoms. The van der Waals surface area contributed by atoms with Crippen molar-refractivity contribution < 1.29 is 0 Å². The molecule has 0 aliphatic heterocycles. The number of hydrogen-bond donors (Lipinski definition) is 1. The number of benzene rings is 1. The van der Waals surface area contributed by atoms with Crippen molar-refractivity contribution in [2.45, 2.75) is 6.92 Å². The van der Waals surface area contributed by atoms with E-state index in [2.05, 4.69) is 31.2 Å². The number of hydrogen-bond acceptors (Lipinski definition) is 4. The third-order valence-electron chi connectivity index (χ3n) is 3.68. The first-order valence-electron chi connectivity index (χ1n) is 7.49. The van der Waals surface area contributed by atoms with Crippen LogP contribution in [-0.4, -0.2) is 19.4 Å². The number of anilines is 2. The van der Waals surface area contributed by atoms with Crippen molar-refractivity contribution in [3.63, 3.8) is 0 Å². The molecule has 0 unspecified atom stereocenters. The normalized spacial score (nSPS) is 10.9. The number of nitrogens with zero attached hydrogens (tertiary/aromatic N) is 4. The minimum Gasteiger partial charge on any atom is -0.339 e. The number of aryl methyl sites for hydroxylation is 1. The van der Waals surface area contributed by atoms with E-state index in [0.29, 0.717) is 5.82 Å². The molecule has 5 nitrogen and oxygen atoms in total. The zero-order valence-corrected chi connectivity index (χ0v) is 14.5. The van der Waals surface area contributed by atoms with E-state index in [0.717, 1.165) is 32.9 Å². The molecule has 1 aromatic carbocycles. The zero-order valence-electron chi connectivity index (χ0n) is 12.9. The summed E-state index contributed by atoms with van der Waals surface area (Å²) in [6.45, 7) is 1.98. The van der Waals surface area contributed by atoms with Crippen LogP contribution in [0.3, 0.4) is 0 Å². The van der Waals surface area contributed by atoms with E-state index >= 15 is 0 Å². The monoisotopic (exact) mass is 379 g/mol. The van der Waals surface area contributed by atoms with Crippen LogP contribution in [0.2, 0.25) is 0 Å². The molecule has 0 aliphatic carbocycles. The van der Waals surface area contributed by atoms with Gasteiger partial charge in [-0.3, -0.25) is 9.38 Å². The Kier molecular flexibility index (Phi) is 3.74. The fourth-order valence-corrected chi connectivity index (χ4v) is 3.08. The van der Waals surface area contributed by atoms with Gasteiger partial charge in [0.15, 0.2) is 0 Å². The van der Waals surface area contributed by atoms with Gasteiger partial charge in [-0.05, 0) is 37.3 Å². The lowest BCUT2D eigenvalue weighted by atomic mass is 10.2. The third-order valence-corrected chi connectivity index (χ3v) is 4.17. The molecule has 0 aliphatic rings. The molecule has 4 rings (SSSR count). The molecule has 0 saturated carbocycles. The number of nitrogens with one attached hydrogen (secondary N) is 1. The predicted molar refractivity (Wildman–Crippen MR) is 98.4 cm³/mol. The van der Waals surface area contributed by atoms with Crippen LogP contribution in [0.4, 0.5) is 11.5 Å². The predicted octanol–water partition coefficient (Wildman–Crippen LogP) is 4.61. The van der Waals surface area contributed by atoms with E-state index in [1.54, 1.807) is 12.4 Å². The second-order valence-electron chi connectivity index (χ2n) is 5.40. The number of halogens is 1. The average Bonchev–Trinajstić information content (AvgIpc) is 2.91. The molecule has 0 spiro atoms. The molecule has 3 aromatic heterocycles. The second kappa shape index (κ2) is 6.05. The highest BCUT2D eigenvalue weighted by Crippen LogP contribution is 2.25. The smallest absolute Gasteiger partial charge is 0.149 e. The Labute approximate surface area is 147 Å². The lowest BCUT2D eigenvalue weighted by Gasteiger charge is -2.08.